The lowest BCUT2D eigenvalue weighted by molar-refractivity contribution is -0.140. The first-order valence-electron chi connectivity index (χ1n) is 7.54. The van der Waals surface area contributed by atoms with Crippen molar-refractivity contribution < 1.29 is 27.8 Å². The van der Waals surface area contributed by atoms with Crippen molar-refractivity contribution in [3.05, 3.63) is 29.3 Å². The van der Waals surface area contributed by atoms with E-state index < -0.39 is 23.3 Å². The van der Waals surface area contributed by atoms with E-state index in [1.54, 1.807) is 11.8 Å². The zero-order valence-electron chi connectivity index (χ0n) is 12.5. The van der Waals surface area contributed by atoms with E-state index in [1.165, 1.54) is 0 Å². The van der Waals surface area contributed by atoms with E-state index in [-0.39, 0.29) is 16.6 Å². The SMILES string of the molecule is CCC1(Oc2cc(C(=O)O)ccc2C(F)(F)F)CC2CCC1S2. The van der Waals surface area contributed by atoms with E-state index in [2.05, 4.69) is 0 Å². The fraction of sp³-hybridized carbons (Fsp3) is 0.562. The van der Waals surface area contributed by atoms with E-state index in [9.17, 15) is 18.0 Å². The summed E-state index contributed by atoms with van der Waals surface area (Å²) in [5.41, 5.74) is -1.75. The van der Waals surface area contributed by atoms with Gasteiger partial charge in [0.2, 0.25) is 0 Å². The van der Waals surface area contributed by atoms with Crippen LogP contribution in [0.5, 0.6) is 5.75 Å². The van der Waals surface area contributed by atoms with Crippen molar-refractivity contribution in [2.75, 3.05) is 0 Å². The highest BCUT2D eigenvalue weighted by Gasteiger charge is 2.53. The highest BCUT2D eigenvalue weighted by molar-refractivity contribution is 8.01. The summed E-state index contributed by atoms with van der Waals surface area (Å²) >= 11 is 1.78. The molecule has 0 aliphatic carbocycles. The Morgan fingerprint density at radius 1 is 1.43 bits per heavy atom. The summed E-state index contributed by atoms with van der Waals surface area (Å²) in [7, 11) is 0. The number of carbonyl (C=O) groups is 1. The highest BCUT2D eigenvalue weighted by atomic mass is 32.2. The van der Waals surface area contributed by atoms with Gasteiger partial charge in [0.1, 0.15) is 11.4 Å². The Labute approximate surface area is 136 Å². The third kappa shape index (κ3) is 2.91. The van der Waals surface area contributed by atoms with Gasteiger partial charge in [-0.05, 0) is 37.5 Å². The first kappa shape index (κ1) is 16.5. The highest BCUT2D eigenvalue weighted by Crippen LogP contribution is 2.55. The minimum atomic E-state index is -4.58. The molecule has 0 spiro atoms. The van der Waals surface area contributed by atoms with E-state index in [1.807, 2.05) is 6.92 Å². The number of alkyl halides is 3. The van der Waals surface area contributed by atoms with Gasteiger partial charge in [0, 0.05) is 16.9 Å². The molecular weight excluding hydrogens is 329 g/mol. The molecule has 1 N–H and O–H groups in total. The maximum absolute atomic E-state index is 13.2. The summed E-state index contributed by atoms with van der Waals surface area (Å²) in [6, 6.07) is 2.76. The molecule has 3 atom stereocenters. The first-order valence-corrected chi connectivity index (χ1v) is 8.48. The number of rotatable bonds is 4. The molecule has 3 rings (SSSR count). The van der Waals surface area contributed by atoms with E-state index in [4.69, 9.17) is 9.84 Å². The van der Waals surface area contributed by atoms with Gasteiger partial charge in [-0.3, -0.25) is 0 Å². The minimum Gasteiger partial charge on any atom is -0.485 e. The normalized spacial score (nSPS) is 29.7. The number of hydrogen-bond acceptors (Lipinski definition) is 3. The summed E-state index contributed by atoms with van der Waals surface area (Å²) in [6.45, 7) is 1.91. The zero-order valence-corrected chi connectivity index (χ0v) is 13.3. The Hall–Kier alpha value is -1.37. The second-order valence-electron chi connectivity index (χ2n) is 6.06. The largest absolute Gasteiger partial charge is 0.485 e. The molecule has 0 amide bonds. The van der Waals surface area contributed by atoms with Gasteiger partial charge in [-0.25, -0.2) is 4.79 Å². The molecule has 0 aromatic heterocycles. The molecule has 0 radical (unpaired) electrons. The summed E-state index contributed by atoms with van der Waals surface area (Å²) in [5.74, 6) is -1.64. The lowest BCUT2D eigenvalue weighted by Crippen LogP contribution is -2.44. The molecule has 1 aromatic carbocycles. The summed E-state index contributed by atoms with van der Waals surface area (Å²) < 4.78 is 45.6. The molecule has 0 saturated carbocycles. The quantitative estimate of drug-likeness (QED) is 0.865. The van der Waals surface area contributed by atoms with Gasteiger partial charge in [0.25, 0.3) is 0 Å². The lowest BCUT2D eigenvalue weighted by atomic mass is 9.82. The molecule has 2 fully saturated rings. The average Bonchev–Trinajstić information content (AvgIpc) is 3.07. The fourth-order valence-electron chi connectivity index (χ4n) is 3.50. The summed E-state index contributed by atoms with van der Waals surface area (Å²) in [5, 5.41) is 9.65. The van der Waals surface area contributed by atoms with Crippen LogP contribution in [0.1, 0.15) is 48.5 Å². The second kappa shape index (κ2) is 5.61. The number of halogens is 3. The molecule has 3 nitrogen and oxygen atoms in total. The molecule has 126 valence electrons. The monoisotopic (exact) mass is 346 g/mol. The van der Waals surface area contributed by atoms with Crippen LogP contribution in [0, 0.1) is 0 Å². The van der Waals surface area contributed by atoms with Gasteiger partial charge >= 0.3 is 12.1 Å². The number of carboxylic acids is 1. The number of aromatic carboxylic acids is 1. The average molecular weight is 346 g/mol. The maximum Gasteiger partial charge on any atom is 0.419 e. The smallest absolute Gasteiger partial charge is 0.419 e. The lowest BCUT2D eigenvalue weighted by Gasteiger charge is -2.37. The topological polar surface area (TPSA) is 46.5 Å². The second-order valence-corrected chi connectivity index (χ2v) is 7.57. The third-order valence-electron chi connectivity index (χ3n) is 4.71. The summed E-state index contributed by atoms with van der Waals surface area (Å²) in [6.07, 6.45) is -1.25. The Morgan fingerprint density at radius 3 is 2.65 bits per heavy atom. The predicted molar refractivity (Wildman–Crippen MR) is 81.1 cm³/mol. The zero-order chi connectivity index (χ0) is 16.8. The minimum absolute atomic E-state index is 0.173. The van der Waals surface area contributed by atoms with Crippen molar-refractivity contribution in [1.82, 2.24) is 0 Å². The molecule has 2 heterocycles. The fourth-order valence-corrected chi connectivity index (χ4v) is 5.45. The first-order chi connectivity index (χ1) is 10.7. The van der Waals surface area contributed by atoms with Crippen LogP contribution < -0.4 is 4.74 Å². The molecule has 1 aromatic rings. The molecule has 2 aliphatic heterocycles. The Kier molecular flexibility index (Phi) is 4.02. The molecule has 2 aliphatic rings. The standard InChI is InChI=1S/C16H17F3O3S/c1-2-15(8-10-4-6-13(15)23-10)22-12-7-9(14(20)21)3-5-11(12)16(17,18)19/h3,5,7,10,13H,2,4,6,8H2,1H3,(H,20,21). The number of thioether (sulfide) groups is 1. The van der Waals surface area contributed by atoms with E-state index in [0.717, 1.165) is 31.0 Å². The number of hydrogen-bond donors (Lipinski definition) is 1. The van der Waals surface area contributed by atoms with Gasteiger partial charge in [-0.1, -0.05) is 6.92 Å². The van der Waals surface area contributed by atoms with Crippen molar-refractivity contribution in [2.45, 2.75) is 54.9 Å². The molecule has 2 bridgehead atoms. The van der Waals surface area contributed by atoms with Crippen LogP contribution in [0.2, 0.25) is 0 Å². The molecule has 2 saturated heterocycles. The van der Waals surface area contributed by atoms with Crippen LogP contribution in [-0.2, 0) is 6.18 Å². The van der Waals surface area contributed by atoms with E-state index in [0.29, 0.717) is 18.1 Å². The van der Waals surface area contributed by atoms with Crippen molar-refractivity contribution in [2.24, 2.45) is 0 Å². The van der Waals surface area contributed by atoms with Crippen LogP contribution in [-0.4, -0.2) is 27.2 Å². The van der Waals surface area contributed by atoms with Crippen LogP contribution >= 0.6 is 11.8 Å². The van der Waals surface area contributed by atoms with Gasteiger partial charge in [0.05, 0.1) is 11.1 Å². The number of fused-ring (bicyclic) bond motifs is 2. The third-order valence-corrected chi connectivity index (χ3v) is 6.49. The van der Waals surface area contributed by atoms with Crippen LogP contribution in [0.15, 0.2) is 18.2 Å². The molecular formula is C16H17F3O3S. The van der Waals surface area contributed by atoms with Crippen LogP contribution in [0.4, 0.5) is 13.2 Å². The Bertz CT molecular complexity index is 631. The molecule has 3 unspecified atom stereocenters. The van der Waals surface area contributed by atoms with Crippen molar-refractivity contribution in [3.8, 4) is 5.75 Å². The van der Waals surface area contributed by atoms with Crippen LogP contribution in [0.25, 0.3) is 0 Å². The van der Waals surface area contributed by atoms with Crippen molar-refractivity contribution >= 4 is 17.7 Å². The molecule has 7 heteroatoms. The van der Waals surface area contributed by atoms with Gasteiger partial charge in [-0.15, -0.1) is 0 Å². The Balaban J connectivity index is 2.00. The predicted octanol–water partition coefficient (Wildman–Crippen LogP) is 4.60. The van der Waals surface area contributed by atoms with Crippen molar-refractivity contribution in [1.29, 1.82) is 0 Å². The number of ether oxygens (including phenoxy) is 1. The molecule has 23 heavy (non-hydrogen) atoms. The van der Waals surface area contributed by atoms with Gasteiger partial charge in [0.15, 0.2) is 0 Å². The Morgan fingerprint density at radius 2 is 2.17 bits per heavy atom. The van der Waals surface area contributed by atoms with Gasteiger partial charge in [-0.2, -0.15) is 24.9 Å². The maximum atomic E-state index is 13.2. The van der Waals surface area contributed by atoms with Gasteiger partial charge < -0.3 is 9.84 Å². The number of carboxylic acid groups (broad SMARTS) is 1. The number of benzene rings is 1. The van der Waals surface area contributed by atoms with Crippen molar-refractivity contribution in [3.63, 3.8) is 0 Å². The van der Waals surface area contributed by atoms with Crippen LogP contribution in [0.3, 0.4) is 0 Å². The van der Waals surface area contributed by atoms with E-state index >= 15 is 0 Å². The summed E-state index contributed by atoms with van der Waals surface area (Å²) in [4.78, 5) is 11.1.